The molecule has 5 heteroatoms. The quantitative estimate of drug-likeness (QED) is 0.540. The SMILES string of the molecule is CCCCN(C(=O)OC(C)(C)C)c1ccc(NC(O)CCc2ccccc2)cc1. The maximum absolute atomic E-state index is 12.6. The number of ether oxygens (including phenoxy) is 1. The Hall–Kier alpha value is -2.53. The first-order chi connectivity index (χ1) is 13.8. The van der Waals surface area contributed by atoms with Crippen LogP contribution in [0.2, 0.25) is 0 Å². The van der Waals surface area contributed by atoms with Gasteiger partial charge in [0.25, 0.3) is 0 Å². The standard InChI is InChI=1S/C24H34N2O3/c1-5-6-18-26(23(28)29-24(2,3)4)21-15-13-20(14-16-21)25-22(27)17-12-19-10-8-7-9-11-19/h7-11,13-16,22,25,27H,5-6,12,17-18H2,1-4H3. The van der Waals surface area contributed by atoms with Crippen LogP contribution in [0.5, 0.6) is 0 Å². The number of aliphatic hydroxyl groups is 1. The van der Waals surface area contributed by atoms with Crippen molar-refractivity contribution in [1.82, 2.24) is 0 Å². The highest BCUT2D eigenvalue weighted by atomic mass is 16.6. The molecule has 2 aromatic carbocycles. The van der Waals surface area contributed by atoms with Crippen LogP contribution in [-0.4, -0.2) is 29.6 Å². The molecule has 0 saturated carbocycles. The lowest BCUT2D eigenvalue weighted by molar-refractivity contribution is 0.0580. The number of aryl methyl sites for hydroxylation is 1. The molecule has 5 nitrogen and oxygen atoms in total. The predicted molar refractivity (Wildman–Crippen MR) is 119 cm³/mol. The van der Waals surface area contributed by atoms with Gasteiger partial charge in [0.2, 0.25) is 0 Å². The fourth-order valence-corrected chi connectivity index (χ4v) is 2.91. The average Bonchev–Trinajstić information content (AvgIpc) is 2.67. The van der Waals surface area contributed by atoms with E-state index in [9.17, 15) is 9.90 Å². The number of aliphatic hydroxyl groups excluding tert-OH is 1. The van der Waals surface area contributed by atoms with E-state index in [2.05, 4.69) is 24.4 Å². The minimum absolute atomic E-state index is 0.338. The third-order valence-electron chi connectivity index (χ3n) is 4.41. The summed E-state index contributed by atoms with van der Waals surface area (Å²) in [4.78, 5) is 14.3. The number of rotatable bonds is 9. The molecular weight excluding hydrogens is 364 g/mol. The first-order valence-corrected chi connectivity index (χ1v) is 10.4. The Bertz CT molecular complexity index is 739. The third kappa shape index (κ3) is 8.16. The van der Waals surface area contributed by atoms with Gasteiger partial charge in [0.15, 0.2) is 0 Å². The fraction of sp³-hybridized carbons (Fsp3) is 0.458. The van der Waals surface area contributed by atoms with E-state index in [0.29, 0.717) is 13.0 Å². The molecule has 2 rings (SSSR count). The summed E-state index contributed by atoms with van der Waals surface area (Å²) in [6, 6.07) is 17.6. The molecule has 1 unspecified atom stereocenters. The molecule has 1 atom stereocenters. The molecule has 0 aliphatic heterocycles. The van der Waals surface area contributed by atoms with Crippen molar-refractivity contribution in [3.63, 3.8) is 0 Å². The van der Waals surface area contributed by atoms with Crippen molar-refractivity contribution < 1.29 is 14.6 Å². The lowest BCUT2D eigenvalue weighted by atomic mass is 10.1. The highest BCUT2D eigenvalue weighted by molar-refractivity contribution is 5.88. The van der Waals surface area contributed by atoms with Gasteiger partial charge < -0.3 is 15.2 Å². The lowest BCUT2D eigenvalue weighted by Gasteiger charge is -2.27. The number of amides is 1. The largest absolute Gasteiger partial charge is 0.443 e. The minimum atomic E-state index is -0.636. The van der Waals surface area contributed by atoms with Gasteiger partial charge in [-0.3, -0.25) is 4.90 Å². The number of nitrogens with one attached hydrogen (secondary N) is 1. The van der Waals surface area contributed by atoms with Crippen LogP contribution in [-0.2, 0) is 11.2 Å². The molecule has 29 heavy (non-hydrogen) atoms. The second-order valence-corrected chi connectivity index (χ2v) is 8.22. The van der Waals surface area contributed by atoms with Gasteiger partial charge in [0.05, 0.1) is 0 Å². The Balaban J connectivity index is 1.97. The van der Waals surface area contributed by atoms with Crippen LogP contribution in [0.4, 0.5) is 16.2 Å². The minimum Gasteiger partial charge on any atom is -0.443 e. The predicted octanol–water partition coefficient (Wildman–Crippen LogP) is 5.59. The van der Waals surface area contributed by atoms with Gasteiger partial charge >= 0.3 is 6.09 Å². The molecule has 2 N–H and O–H groups in total. The fourth-order valence-electron chi connectivity index (χ4n) is 2.91. The Morgan fingerprint density at radius 3 is 2.34 bits per heavy atom. The first-order valence-electron chi connectivity index (χ1n) is 10.4. The summed E-state index contributed by atoms with van der Waals surface area (Å²) in [5.74, 6) is 0. The van der Waals surface area contributed by atoms with Crippen molar-refractivity contribution in [2.75, 3.05) is 16.8 Å². The second kappa shape index (κ2) is 10.9. The van der Waals surface area contributed by atoms with Crippen LogP contribution in [0.15, 0.2) is 54.6 Å². The molecule has 0 radical (unpaired) electrons. The summed E-state index contributed by atoms with van der Waals surface area (Å²) in [7, 11) is 0. The summed E-state index contributed by atoms with van der Waals surface area (Å²) in [5.41, 5.74) is 2.27. The number of benzene rings is 2. The summed E-state index contributed by atoms with van der Waals surface area (Å²) in [6.45, 7) is 8.31. The van der Waals surface area contributed by atoms with E-state index in [0.717, 1.165) is 30.6 Å². The van der Waals surface area contributed by atoms with Crippen LogP contribution < -0.4 is 10.2 Å². The van der Waals surface area contributed by atoms with E-state index in [1.54, 1.807) is 4.90 Å². The smallest absolute Gasteiger partial charge is 0.414 e. The molecule has 0 aliphatic rings. The van der Waals surface area contributed by atoms with Gasteiger partial charge in [-0.15, -0.1) is 0 Å². The van der Waals surface area contributed by atoms with Crippen molar-refractivity contribution in [3.05, 3.63) is 60.2 Å². The van der Waals surface area contributed by atoms with Crippen molar-refractivity contribution in [2.45, 2.75) is 65.2 Å². The Morgan fingerprint density at radius 1 is 1.10 bits per heavy atom. The highest BCUT2D eigenvalue weighted by Crippen LogP contribution is 2.22. The average molecular weight is 399 g/mol. The van der Waals surface area contributed by atoms with Crippen molar-refractivity contribution in [2.24, 2.45) is 0 Å². The number of hydrogen-bond acceptors (Lipinski definition) is 4. The zero-order valence-electron chi connectivity index (χ0n) is 18.0. The lowest BCUT2D eigenvalue weighted by Crippen LogP contribution is -2.37. The maximum atomic E-state index is 12.6. The van der Waals surface area contributed by atoms with Crippen LogP contribution in [0, 0.1) is 0 Å². The van der Waals surface area contributed by atoms with Gasteiger partial charge in [0, 0.05) is 17.9 Å². The monoisotopic (exact) mass is 398 g/mol. The van der Waals surface area contributed by atoms with Gasteiger partial charge in [-0.1, -0.05) is 43.7 Å². The number of hydrogen-bond donors (Lipinski definition) is 2. The van der Waals surface area contributed by atoms with E-state index in [-0.39, 0.29) is 6.09 Å². The zero-order chi connectivity index (χ0) is 21.3. The van der Waals surface area contributed by atoms with E-state index in [1.807, 2.05) is 63.2 Å². The van der Waals surface area contributed by atoms with E-state index < -0.39 is 11.8 Å². The molecule has 0 bridgehead atoms. The summed E-state index contributed by atoms with van der Waals surface area (Å²) < 4.78 is 5.55. The van der Waals surface area contributed by atoms with Crippen LogP contribution in [0.3, 0.4) is 0 Å². The Labute approximate surface area is 174 Å². The number of carbonyl (C=O) groups excluding carboxylic acids is 1. The van der Waals surface area contributed by atoms with Crippen molar-refractivity contribution in [1.29, 1.82) is 0 Å². The van der Waals surface area contributed by atoms with Crippen molar-refractivity contribution in [3.8, 4) is 0 Å². The number of nitrogens with zero attached hydrogens (tertiary/aromatic N) is 1. The summed E-state index contributed by atoms with van der Waals surface area (Å²) in [5, 5.41) is 13.4. The van der Waals surface area contributed by atoms with Crippen LogP contribution in [0.25, 0.3) is 0 Å². The highest BCUT2D eigenvalue weighted by Gasteiger charge is 2.23. The number of carbonyl (C=O) groups is 1. The van der Waals surface area contributed by atoms with Crippen LogP contribution in [0.1, 0.15) is 52.5 Å². The normalized spacial score (nSPS) is 12.3. The molecule has 2 aromatic rings. The van der Waals surface area contributed by atoms with E-state index in [1.165, 1.54) is 5.56 Å². The van der Waals surface area contributed by atoms with E-state index in [4.69, 9.17) is 4.74 Å². The third-order valence-corrected chi connectivity index (χ3v) is 4.41. The number of anilines is 2. The molecule has 0 saturated heterocycles. The van der Waals surface area contributed by atoms with Gasteiger partial charge in [0.1, 0.15) is 11.8 Å². The van der Waals surface area contributed by atoms with Gasteiger partial charge in [-0.25, -0.2) is 4.79 Å². The zero-order valence-corrected chi connectivity index (χ0v) is 18.0. The summed E-state index contributed by atoms with van der Waals surface area (Å²) in [6.07, 6.45) is 2.34. The van der Waals surface area contributed by atoms with E-state index >= 15 is 0 Å². The second-order valence-electron chi connectivity index (χ2n) is 8.22. The van der Waals surface area contributed by atoms with Crippen molar-refractivity contribution >= 4 is 17.5 Å². The Morgan fingerprint density at radius 2 is 1.76 bits per heavy atom. The molecular formula is C24H34N2O3. The van der Waals surface area contributed by atoms with Crippen LogP contribution >= 0.6 is 0 Å². The molecule has 1 amide bonds. The molecule has 0 heterocycles. The topological polar surface area (TPSA) is 61.8 Å². The molecule has 0 aromatic heterocycles. The first kappa shape index (κ1) is 22.8. The Kier molecular flexibility index (Phi) is 8.52. The molecule has 0 aliphatic carbocycles. The van der Waals surface area contributed by atoms with Gasteiger partial charge in [-0.05, 0) is 69.9 Å². The summed E-state index contributed by atoms with van der Waals surface area (Å²) >= 11 is 0. The van der Waals surface area contributed by atoms with Gasteiger partial charge in [-0.2, -0.15) is 0 Å². The molecule has 158 valence electrons. The maximum Gasteiger partial charge on any atom is 0.414 e. The molecule has 0 spiro atoms. The molecule has 0 fully saturated rings. The number of unbranched alkanes of at least 4 members (excludes halogenated alkanes) is 1.